The number of rotatable bonds is 3. The molecule has 0 bridgehead atoms. The predicted octanol–water partition coefficient (Wildman–Crippen LogP) is 3.64. The summed E-state index contributed by atoms with van der Waals surface area (Å²) in [5, 5.41) is 13.1. The Balaban J connectivity index is 2.17. The lowest BCUT2D eigenvalue weighted by atomic mass is 10.2. The van der Waals surface area contributed by atoms with Gasteiger partial charge in [-0.25, -0.2) is 4.39 Å². The molecule has 2 rings (SSSR count). The lowest BCUT2D eigenvalue weighted by Gasteiger charge is -2.06. The Labute approximate surface area is 118 Å². The molecule has 1 N–H and O–H groups in total. The molecule has 0 saturated heterocycles. The fourth-order valence-corrected chi connectivity index (χ4v) is 1.68. The maximum atomic E-state index is 13.5. The highest BCUT2D eigenvalue weighted by Crippen LogP contribution is 2.20. The zero-order valence-corrected chi connectivity index (χ0v) is 10.7. The Morgan fingerprint density at radius 1 is 1.20 bits per heavy atom. The number of non-ortho nitro benzene ring substituents is 1. The van der Waals surface area contributed by atoms with E-state index in [1.54, 1.807) is 0 Å². The van der Waals surface area contributed by atoms with Gasteiger partial charge >= 0.3 is 0 Å². The second-order valence-corrected chi connectivity index (χ2v) is 4.32. The topological polar surface area (TPSA) is 72.2 Å². The zero-order valence-electron chi connectivity index (χ0n) is 9.97. The minimum atomic E-state index is -0.659. The molecule has 0 heterocycles. The molecular weight excluding hydrogens is 287 g/mol. The minimum Gasteiger partial charge on any atom is -0.319 e. The predicted molar refractivity (Wildman–Crippen MR) is 72.5 cm³/mol. The van der Waals surface area contributed by atoms with Crippen molar-refractivity contribution in [3.63, 3.8) is 0 Å². The average Bonchev–Trinajstić information content (AvgIpc) is 2.42. The van der Waals surface area contributed by atoms with Crippen LogP contribution in [0.1, 0.15) is 10.4 Å². The first-order valence-corrected chi connectivity index (χ1v) is 5.86. The number of hydrogen-bond donors (Lipinski definition) is 1. The molecule has 0 aromatic heterocycles. The van der Waals surface area contributed by atoms with E-state index in [0.717, 1.165) is 6.07 Å². The Hall–Kier alpha value is -2.47. The van der Waals surface area contributed by atoms with Crippen molar-refractivity contribution < 1.29 is 14.1 Å². The normalized spacial score (nSPS) is 10.1. The van der Waals surface area contributed by atoms with E-state index >= 15 is 0 Å². The number of anilines is 1. The smallest absolute Gasteiger partial charge is 0.269 e. The lowest BCUT2D eigenvalue weighted by Crippen LogP contribution is -2.12. The molecule has 0 atom stereocenters. The van der Waals surface area contributed by atoms with Gasteiger partial charge < -0.3 is 5.32 Å². The first-order chi connectivity index (χ1) is 9.47. The van der Waals surface area contributed by atoms with E-state index in [9.17, 15) is 19.3 Å². The second-order valence-electron chi connectivity index (χ2n) is 3.88. The van der Waals surface area contributed by atoms with Gasteiger partial charge in [0.1, 0.15) is 5.82 Å². The van der Waals surface area contributed by atoms with Crippen LogP contribution in [-0.4, -0.2) is 10.8 Å². The van der Waals surface area contributed by atoms with E-state index in [4.69, 9.17) is 11.6 Å². The summed E-state index contributed by atoms with van der Waals surface area (Å²) >= 11 is 5.60. The second kappa shape index (κ2) is 5.66. The number of nitrogens with zero attached hydrogens (tertiary/aromatic N) is 1. The Bertz CT molecular complexity index is 674. The van der Waals surface area contributed by atoms with Crippen LogP contribution in [0.2, 0.25) is 5.02 Å². The van der Waals surface area contributed by atoms with E-state index in [1.807, 2.05) is 0 Å². The standard InChI is InChI=1S/C13H8ClFN2O3/c14-9-3-6-12(11(15)7-9)16-13(18)8-1-4-10(5-2-8)17(19)20/h1-7H,(H,16,18). The average molecular weight is 295 g/mol. The van der Waals surface area contributed by atoms with Crippen LogP contribution in [-0.2, 0) is 0 Å². The largest absolute Gasteiger partial charge is 0.319 e. The molecule has 1 amide bonds. The molecular formula is C13H8ClFN2O3. The van der Waals surface area contributed by atoms with Gasteiger partial charge in [0.25, 0.3) is 11.6 Å². The van der Waals surface area contributed by atoms with Crippen molar-refractivity contribution >= 4 is 28.9 Å². The third-order valence-electron chi connectivity index (χ3n) is 2.52. The lowest BCUT2D eigenvalue weighted by molar-refractivity contribution is -0.384. The summed E-state index contributed by atoms with van der Waals surface area (Å²) in [6.45, 7) is 0. The summed E-state index contributed by atoms with van der Waals surface area (Å²) < 4.78 is 13.5. The van der Waals surface area contributed by atoms with Crippen molar-refractivity contribution in [1.82, 2.24) is 0 Å². The molecule has 0 saturated carbocycles. The first-order valence-electron chi connectivity index (χ1n) is 5.48. The molecule has 0 aliphatic heterocycles. The molecule has 0 spiro atoms. The number of benzene rings is 2. The molecule has 7 heteroatoms. The van der Waals surface area contributed by atoms with Crippen LogP contribution in [0.15, 0.2) is 42.5 Å². The number of amides is 1. The maximum absolute atomic E-state index is 13.5. The zero-order chi connectivity index (χ0) is 14.7. The van der Waals surface area contributed by atoms with Crippen LogP contribution < -0.4 is 5.32 Å². The van der Waals surface area contributed by atoms with Crippen molar-refractivity contribution in [1.29, 1.82) is 0 Å². The first kappa shape index (κ1) is 14.0. The number of carbonyl (C=O) groups is 1. The van der Waals surface area contributed by atoms with Crippen LogP contribution in [0.5, 0.6) is 0 Å². The van der Waals surface area contributed by atoms with E-state index in [2.05, 4.69) is 5.32 Å². The summed E-state index contributed by atoms with van der Waals surface area (Å²) in [7, 11) is 0. The summed E-state index contributed by atoms with van der Waals surface area (Å²) in [6, 6.07) is 8.84. The van der Waals surface area contributed by atoms with Gasteiger partial charge in [0.2, 0.25) is 0 Å². The molecule has 0 aliphatic rings. The Morgan fingerprint density at radius 2 is 1.85 bits per heavy atom. The molecule has 5 nitrogen and oxygen atoms in total. The number of nitro groups is 1. The third kappa shape index (κ3) is 3.10. The quantitative estimate of drug-likeness (QED) is 0.694. The number of halogens is 2. The van der Waals surface area contributed by atoms with Gasteiger partial charge in [0, 0.05) is 22.7 Å². The Kier molecular flexibility index (Phi) is 3.95. The fraction of sp³-hybridized carbons (Fsp3) is 0. The van der Waals surface area contributed by atoms with E-state index in [1.165, 1.54) is 36.4 Å². The van der Waals surface area contributed by atoms with Crippen LogP contribution in [0, 0.1) is 15.9 Å². The molecule has 0 unspecified atom stereocenters. The van der Waals surface area contributed by atoms with Crippen molar-refractivity contribution in [2.24, 2.45) is 0 Å². The van der Waals surface area contributed by atoms with Crippen LogP contribution in [0.25, 0.3) is 0 Å². The summed E-state index contributed by atoms with van der Waals surface area (Å²) in [5.41, 5.74) is 0.0435. The highest BCUT2D eigenvalue weighted by Gasteiger charge is 2.11. The monoisotopic (exact) mass is 294 g/mol. The fourth-order valence-electron chi connectivity index (χ4n) is 1.52. The van der Waals surface area contributed by atoms with Crippen molar-refractivity contribution in [2.45, 2.75) is 0 Å². The third-order valence-corrected chi connectivity index (χ3v) is 2.75. The number of nitro benzene ring substituents is 1. The van der Waals surface area contributed by atoms with Gasteiger partial charge in [0.15, 0.2) is 0 Å². The van der Waals surface area contributed by atoms with Gasteiger partial charge in [-0.2, -0.15) is 0 Å². The summed E-state index contributed by atoms with van der Waals surface area (Å²) in [4.78, 5) is 21.8. The number of carbonyl (C=O) groups excluding carboxylic acids is 1. The number of hydrogen-bond acceptors (Lipinski definition) is 3. The molecule has 0 radical (unpaired) electrons. The summed E-state index contributed by atoms with van der Waals surface area (Å²) in [5.74, 6) is -1.23. The molecule has 2 aromatic carbocycles. The maximum Gasteiger partial charge on any atom is 0.269 e. The van der Waals surface area contributed by atoms with Crippen LogP contribution >= 0.6 is 11.6 Å². The van der Waals surface area contributed by atoms with Gasteiger partial charge in [-0.3, -0.25) is 14.9 Å². The van der Waals surface area contributed by atoms with Gasteiger partial charge in [-0.1, -0.05) is 11.6 Å². The van der Waals surface area contributed by atoms with Crippen molar-refractivity contribution in [2.75, 3.05) is 5.32 Å². The molecule has 102 valence electrons. The Morgan fingerprint density at radius 3 is 2.40 bits per heavy atom. The van der Waals surface area contributed by atoms with Gasteiger partial charge in [0.05, 0.1) is 10.6 Å². The molecule has 20 heavy (non-hydrogen) atoms. The van der Waals surface area contributed by atoms with Gasteiger partial charge in [-0.05, 0) is 30.3 Å². The van der Waals surface area contributed by atoms with E-state index < -0.39 is 16.6 Å². The highest BCUT2D eigenvalue weighted by atomic mass is 35.5. The van der Waals surface area contributed by atoms with E-state index in [-0.39, 0.29) is 22.0 Å². The number of nitrogens with one attached hydrogen (secondary N) is 1. The SMILES string of the molecule is O=C(Nc1ccc(Cl)cc1F)c1ccc([N+](=O)[O-])cc1. The minimum absolute atomic E-state index is 0.0160. The van der Waals surface area contributed by atoms with Crippen LogP contribution in [0.4, 0.5) is 15.8 Å². The van der Waals surface area contributed by atoms with Crippen LogP contribution in [0.3, 0.4) is 0 Å². The highest BCUT2D eigenvalue weighted by molar-refractivity contribution is 6.30. The van der Waals surface area contributed by atoms with E-state index in [0.29, 0.717) is 0 Å². The van der Waals surface area contributed by atoms with Crippen molar-refractivity contribution in [3.05, 3.63) is 69.0 Å². The molecule has 0 fully saturated rings. The summed E-state index contributed by atoms with van der Waals surface area (Å²) in [6.07, 6.45) is 0. The molecule has 0 aliphatic carbocycles. The van der Waals surface area contributed by atoms with Crippen molar-refractivity contribution in [3.8, 4) is 0 Å². The molecule has 2 aromatic rings. The van der Waals surface area contributed by atoms with Gasteiger partial charge in [-0.15, -0.1) is 0 Å².